The highest BCUT2D eigenvalue weighted by Gasteiger charge is 2.09. The first kappa shape index (κ1) is 12.2. The average Bonchev–Trinajstić information content (AvgIpc) is 2.41. The predicted octanol–water partition coefficient (Wildman–Crippen LogP) is 2.43. The molecule has 3 nitrogen and oxygen atoms in total. The Kier molecular flexibility index (Phi) is 4.33. The van der Waals surface area contributed by atoms with E-state index in [4.69, 9.17) is 0 Å². The molecule has 0 aromatic carbocycles. The Bertz CT molecular complexity index is 316. The summed E-state index contributed by atoms with van der Waals surface area (Å²) in [6.07, 6.45) is 2.39. The largest absolute Gasteiger partial charge is 0.392 e. The Balaban J connectivity index is 2.62. The molecule has 1 aromatic heterocycles. The van der Waals surface area contributed by atoms with E-state index >= 15 is 0 Å². The highest BCUT2D eigenvalue weighted by Crippen LogP contribution is 2.14. The summed E-state index contributed by atoms with van der Waals surface area (Å²) in [4.78, 5) is 0. The highest BCUT2D eigenvalue weighted by molar-refractivity contribution is 5.23. The molecule has 0 unspecified atom stereocenters. The van der Waals surface area contributed by atoms with Crippen molar-refractivity contribution >= 4 is 0 Å². The molecule has 1 rings (SSSR count). The molecule has 0 atom stereocenters. The summed E-state index contributed by atoms with van der Waals surface area (Å²) >= 11 is 0. The first-order valence-electron chi connectivity index (χ1n) is 5.70. The molecule has 0 saturated carbocycles. The number of nitrogens with zero attached hydrogens (tertiary/aromatic N) is 2. The third kappa shape index (κ3) is 3.06. The lowest BCUT2D eigenvalue weighted by Crippen LogP contribution is -2.04. The van der Waals surface area contributed by atoms with Crippen molar-refractivity contribution < 1.29 is 5.11 Å². The topological polar surface area (TPSA) is 38.0 Å². The minimum absolute atomic E-state index is 0.0991. The van der Waals surface area contributed by atoms with Gasteiger partial charge in [-0.15, -0.1) is 0 Å². The lowest BCUT2D eigenvalue weighted by molar-refractivity contribution is 0.280. The third-order valence-electron chi connectivity index (χ3n) is 2.84. The van der Waals surface area contributed by atoms with Crippen molar-refractivity contribution in [3.8, 4) is 0 Å². The van der Waals surface area contributed by atoms with Crippen LogP contribution in [0.15, 0.2) is 0 Å². The normalized spacial score (nSPS) is 11.3. The van der Waals surface area contributed by atoms with Crippen molar-refractivity contribution in [2.45, 2.75) is 53.7 Å². The SMILES string of the molecule is Cc1nn(CCCC(C)C)c(C)c1CO. The molecule has 0 radical (unpaired) electrons. The summed E-state index contributed by atoms with van der Waals surface area (Å²) in [5.41, 5.74) is 3.05. The zero-order valence-electron chi connectivity index (χ0n) is 10.2. The van der Waals surface area contributed by atoms with Gasteiger partial charge in [0.15, 0.2) is 0 Å². The van der Waals surface area contributed by atoms with Crippen molar-refractivity contribution in [1.29, 1.82) is 0 Å². The molecule has 0 aliphatic carbocycles. The number of hydrogen-bond donors (Lipinski definition) is 1. The smallest absolute Gasteiger partial charge is 0.0718 e. The van der Waals surface area contributed by atoms with E-state index < -0.39 is 0 Å². The van der Waals surface area contributed by atoms with Crippen LogP contribution in [0.1, 0.15) is 43.6 Å². The van der Waals surface area contributed by atoms with E-state index in [1.165, 1.54) is 6.42 Å². The zero-order valence-corrected chi connectivity index (χ0v) is 10.2. The summed E-state index contributed by atoms with van der Waals surface area (Å²) in [7, 11) is 0. The van der Waals surface area contributed by atoms with Crippen LogP contribution in [0.25, 0.3) is 0 Å². The number of rotatable bonds is 5. The van der Waals surface area contributed by atoms with Crippen molar-refractivity contribution in [2.24, 2.45) is 5.92 Å². The average molecular weight is 210 g/mol. The van der Waals surface area contributed by atoms with E-state index in [-0.39, 0.29) is 6.61 Å². The van der Waals surface area contributed by atoms with Crippen LogP contribution < -0.4 is 0 Å². The van der Waals surface area contributed by atoms with Crippen LogP contribution in [0.5, 0.6) is 0 Å². The molecule has 3 heteroatoms. The van der Waals surface area contributed by atoms with Gasteiger partial charge in [-0.3, -0.25) is 4.68 Å². The molecule has 0 fully saturated rings. The first-order valence-corrected chi connectivity index (χ1v) is 5.70. The highest BCUT2D eigenvalue weighted by atomic mass is 16.3. The Morgan fingerprint density at radius 1 is 1.33 bits per heavy atom. The molecule has 0 saturated heterocycles. The van der Waals surface area contributed by atoms with Crippen LogP contribution >= 0.6 is 0 Å². The summed E-state index contributed by atoms with van der Waals surface area (Å²) < 4.78 is 2.02. The number of aromatic nitrogens is 2. The molecule has 15 heavy (non-hydrogen) atoms. The number of hydrogen-bond acceptors (Lipinski definition) is 2. The summed E-state index contributed by atoms with van der Waals surface area (Å²) in [5, 5.41) is 13.6. The predicted molar refractivity (Wildman–Crippen MR) is 61.7 cm³/mol. The van der Waals surface area contributed by atoms with Crippen molar-refractivity contribution in [3.63, 3.8) is 0 Å². The van der Waals surface area contributed by atoms with Crippen LogP contribution in [0.2, 0.25) is 0 Å². The molecule has 1 N–H and O–H groups in total. The van der Waals surface area contributed by atoms with Crippen molar-refractivity contribution in [2.75, 3.05) is 0 Å². The molecule has 1 aromatic rings. The maximum Gasteiger partial charge on any atom is 0.0718 e. The van der Waals surface area contributed by atoms with Gasteiger partial charge in [0.1, 0.15) is 0 Å². The minimum atomic E-state index is 0.0991. The zero-order chi connectivity index (χ0) is 11.4. The van der Waals surface area contributed by atoms with Gasteiger partial charge in [0, 0.05) is 17.8 Å². The van der Waals surface area contributed by atoms with E-state index in [1.54, 1.807) is 0 Å². The van der Waals surface area contributed by atoms with Gasteiger partial charge in [-0.05, 0) is 32.6 Å². The molecular formula is C12H22N2O. The standard InChI is InChI=1S/C12H22N2O/c1-9(2)6-5-7-14-11(4)12(8-15)10(3)13-14/h9,15H,5-8H2,1-4H3. The van der Waals surface area contributed by atoms with Gasteiger partial charge in [0.2, 0.25) is 0 Å². The van der Waals surface area contributed by atoms with E-state index in [2.05, 4.69) is 18.9 Å². The fraction of sp³-hybridized carbons (Fsp3) is 0.750. The van der Waals surface area contributed by atoms with Crippen molar-refractivity contribution in [3.05, 3.63) is 17.0 Å². The molecule has 0 spiro atoms. The summed E-state index contributed by atoms with van der Waals surface area (Å²) in [6, 6.07) is 0. The molecule has 0 amide bonds. The summed E-state index contributed by atoms with van der Waals surface area (Å²) in [6.45, 7) is 9.52. The van der Waals surface area contributed by atoms with E-state index in [0.717, 1.165) is 35.8 Å². The molecule has 0 aliphatic rings. The minimum Gasteiger partial charge on any atom is -0.392 e. The van der Waals surface area contributed by atoms with Gasteiger partial charge in [0.05, 0.1) is 12.3 Å². The van der Waals surface area contributed by atoms with Crippen LogP contribution in [0, 0.1) is 19.8 Å². The van der Waals surface area contributed by atoms with Crippen LogP contribution in [0.3, 0.4) is 0 Å². The maximum absolute atomic E-state index is 9.17. The maximum atomic E-state index is 9.17. The molecule has 0 bridgehead atoms. The van der Waals surface area contributed by atoms with E-state index in [9.17, 15) is 5.11 Å². The fourth-order valence-electron chi connectivity index (χ4n) is 1.83. The second kappa shape index (κ2) is 5.31. The Morgan fingerprint density at radius 2 is 2.00 bits per heavy atom. The second-order valence-electron chi connectivity index (χ2n) is 4.57. The lowest BCUT2D eigenvalue weighted by atomic mass is 10.1. The second-order valence-corrected chi connectivity index (χ2v) is 4.57. The Hall–Kier alpha value is -0.830. The van der Waals surface area contributed by atoms with Gasteiger partial charge in [-0.2, -0.15) is 5.10 Å². The van der Waals surface area contributed by atoms with E-state index in [0.29, 0.717) is 0 Å². The number of aryl methyl sites for hydroxylation is 2. The van der Waals surface area contributed by atoms with Crippen LogP contribution in [-0.4, -0.2) is 14.9 Å². The van der Waals surface area contributed by atoms with E-state index in [1.807, 2.05) is 18.5 Å². The van der Waals surface area contributed by atoms with Crippen LogP contribution in [-0.2, 0) is 13.2 Å². The third-order valence-corrected chi connectivity index (χ3v) is 2.84. The molecular weight excluding hydrogens is 188 g/mol. The Morgan fingerprint density at radius 3 is 2.47 bits per heavy atom. The summed E-state index contributed by atoms with van der Waals surface area (Å²) in [5.74, 6) is 0.749. The van der Waals surface area contributed by atoms with Gasteiger partial charge in [0.25, 0.3) is 0 Å². The quantitative estimate of drug-likeness (QED) is 0.810. The fourth-order valence-corrected chi connectivity index (χ4v) is 1.83. The number of aliphatic hydroxyl groups is 1. The van der Waals surface area contributed by atoms with Crippen LogP contribution in [0.4, 0.5) is 0 Å². The van der Waals surface area contributed by atoms with Gasteiger partial charge in [-0.25, -0.2) is 0 Å². The molecule has 1 heterocycles. The monoisotopic (exact) mass is 210 g/mol. The molecule has 0 aliphatic heterocycles. The molecule has 86 valence electrons. The van der Waals surface area contributed by atoms with Gasteiger partial charge >= 0.3 is 0 Å². The lowest BCUT2D eigenvalue weighted by Gasteiger charge is -2.06. The van der Waals surface area contributed by atoms with Gasteiger partial charge in [-0.1, -0.05) is 13.8 Å². The number of aliphatic hydroxyl groups excluding tert-OH is 1. The van der Waals surface area contributed by atoms with Gasteiger partial charge < -0.3 is 5.11 Å². The Labute approximate surface area is 92.1 Å². The first-order chi connectivity index (χ1) is 7.06. The van der Waals surface area contributed by atoms with Crippen molar-refractivity contribution in [1.82, 2.24) is 9.78 Å².